The lowest BCUT2D eigenvalue weighted by molar-refractivity contribution is -0.115. The van der Waals surface area contributed by atoms with Crippen LogP contribution in [0.15, 0.2) is 76.6 Å². The third kappa shape index (κ3) is 6.12. The van der Waals surface area contributed by atoms with Crippen molar-refractivity contribution in [3.8, 4) is 17.2 Å². The van der Waals surface area contributed by atoms with E-state index < -0.39 is 0 Å². The van der Waals surface area contributed by atoms with Crippen molar-refractivity contribution in [1.29, 1.82) is 0 Å². The normalized spacial score (nSPS) is 15.4. The molecule has 1 amide bonds. The van der Waals surface area contributed by atoms with Crippen LogP contribution in [0.25, 0.3) is 6.08 Å². The molecular weight excluding hydrogens is 472 g/mol. The fraction of sp³-hybridized carbons (Fsp3) is 0.154. The first-order valence-electron chi connectivity index (χ1n) is 10.6. The Kier molecular flexibility index (Phi) is 7.77. The fourth-order valence-corrected chi connectivity index (χ4v) is 4.25. The first-order valence-corrected chi connectivity index (χ1v) is 11.8. The van der Waals surface area contributed by atoms with Gasteiger partial charge in [0.25, 0.3) is 5.91 Å². The molecule has 8 heteroatoms. The third-order valence-corrected chi connectivity index (χ3v) is 5.95. The Morgan fingerprint density at radius 2 is 1.85 bits per heavy atom. The topological polar surface area (TPSA) is 69.2 Å². The van der Waals surface area contributed by atoms with Crippen molar-refractivity contribution in [3.63, 3.8) is 0 Å². The molecule has 1 heterocycles. The van der Waals surface area contributed by atoms with Gasteiger partial charge in [0.2, 0.25) is 0 Å². The number of hydrogen-bond donors (Lipinski definition) is 1. The van der Waals surface area contributed by atoms with Gasteiger partial charge in [-0.25, -0.2) is 4.99 Å². The summed E-state index contributed by atoms with van der Waals surface area (Å²) in [7, 11) is 1.61. The van der Waals surface area contributed by atoms with Crippen LogP contribution in [0.5, 0.6) is 17.2 Å². The van der Waals surface area contributed by atoms with Crippen LogP contribution in [-0.2, 0) is 11.4 Å². The first-order chi connectivity index (χ1) is 16.5. The maximum Gasteiger partial charge on any atom is 0.264 e. The number of carbonyl (C=O) groups is 1. The zero-order valence-electron chi connectivity index (χ0n) is 18.7. The number of rotatable bonds is 8. The van der Waals surface area contributed by atoms with Gasteiger partial charge < -0.3 is 19.5 Å². The second-order valence-electron chi connectivity index (χ2n) is 7.24. The average Bonchev–Trinajstić information content (AvgIpc) is 3.17. The number of thioether (sulfide) groups is 1. The summed E-state index contributed by atoms with van der Waals surface area (Å²) in [5.74, 6) is 1.78. The van der Waals surface area contributed by atoms with Gasteiger partial charge in [0.15, 0.2) is 16.7 Å². The number of hydrogen-bond acceptors (Lipinski definition) is 6. The quantitative estimate of drug-likeness (QED) is 0.376. The van der Waals surface area contributed by atoms with Gasteiger partial charge in [-0.15, -0.1) is 0 Å². The zero-order chi connectivity index (χ0) is 23.9. The number of aliphatic imine (C=N–C) groups is 1. The van der Waals surface area contributed by atoms with Crippen LogP contribution >= 0.6 is 23.4 Å². The smallest absolute Gasteiger partial charge is 0.264 e. The summed E-state index contributed by atoms with van der Waals surface area (Å²) in [4.78, 5) is 17.5. The summed E-state index contributed by atoms with van der Waals surface area (Å²) in [6.07, 6.45) is 1.81. The summed E-state index contributed by atoms with van der Waals surface area (Å²) in [6.45, 7) is 2.76. The van der Waals surface area contributed by atoms with Crippen LogP contribution in [0.4, 0.5) is 5.69 Å². The highest BCUT2D eigenvalue weighted by atomic mass is 35.5. The molecule has 1 fully saturated rings. The number of ether oxygens (including phenoxy) is 3. The number of benzene rings is 3. The molecule has 174 valence electrons. The minimum Gasteiger partial charge on any atom is -0.497 e. The van der Waals surface area contributed by atoms with Crippen molar-refractivity contribution in [2.75, 3.05) is 13.7 Å². The molecule has 6 nitrogen and oxygen atoms in total. The van der Waals surface area contributed by atoms with E-state index in [1.54, 1.807) is 13.2 Å². The molecule has 1 saturated heterocycles. The fourth-order valence-electron chi connectivity index (χ4n) is 3.20. The molecule has 0 saturated carbocycles. The Hall–Kier alpha value is -3.42. The van der Waals surface area contributed by atoms with Crippen molar-refractivity contribution in [2.45, 2.75) is 13.5 Å². The Morgan fingerprint density at radius 3 is 2.59 bits per heavy atom. The highest BCUT2D eigenvalue weighted by molar-refractivity contribution is 8.18. The van der Waals surface area contributed by atoms with E-state index in [0.29, 0.717) is 39.8 Å². The molecule has 3 aromatic rings. The van der Waals surface area contributed by atoms with Gasteiger partial charge in [-0.1, -0.05) is 29.8 Å². The van der Waals surface area contributed by atoms with Crippen molar-refractivity contribution in [2.24, 2.45) is 4.99 Å². The molecule has 0 unspecified atom stereocenters. The zero-order valence-corrected chi connectivity index (χ0v) is 20.3. The van der Waals surface area contributed by atoms with Crippen molar-refractivity contribution < 1.29 is 19.0 Å². The number of amidine groups is 1. The van der Waals surface area contributed by atoms with Crippen LogP contribution < -0.4 is 19.5 Å². The molecule has 0 atom stereocenters. The van der Waals surface area contributed by atoms with Gasteiger partial charge in [-0.3, -0.25) is 4.79 Å². The Labute approximate surface area is 207 Å². The second kappa shape index (κ2) is 11.1. The molecule has 0 radical (unpaired) electrons. The lowest BCUT2D eigenvalue weighted by atomic mass is 10.2. The Bertz CT molecular complexity index is 1240. The van der Waals surface area contributed by atoms with Crippen molar-refractivity contribution >= 4 is 46.2 Å². The molecular formula is C26H23ClN2O4S. The average molecular weight is 495 g/mol. The van der Waals surface area contributed by atoms with Gasteiger partial charge in [0, 0.05) is 5.02 Å². The largest absolute Gasteiger partial charge is 0.497 e. The lowest BCUT2D eigenvalue weighted by Crippen LogP contribution is -2.19. The standard InChI is InChI=1S/C26H23ClN2O4S/c1-3-32-23-14-17(7-12-22(23)33-16-18-5-4-6-19(27)13-18)15-24-25(30)29-26(34-24)28-20-8-10-21(31-2)11-9-20/h4-15H,3,16H2,1-2H3,(H,28,29,30)/b24-15-. The van der Waals surface area contributed by atoms with Crippen LogP contribution in [0.3, 0.4) is 0 Å². The molecule has 4 rings (SSSR count). The number of nitrogens with one attached hydrogen (secondary N) is 1. The van der Waals surface area contributed by atoms with Crippen LogP contribution in [0, 0.1) is 0 Å². The van der Waals surface area contributed by atoms with Crippen LogP contribution in [0.1, 0.15) is 18.1 Å². The van der Waals surface area contributed by atoms with E-state index in [4.69, 9.17) is 25.8 Å². The predicted molar refractivity (Wildman–Crippen MR) is 137 cm³/mol. The summed E-state index contributed by atoms with van der Waals surface area (Å²) < 4.78 is 16.9. The van der Waals surface area contributed by atoms with Crippen molar-refractivity contribution in [3.05, 3.63) is 87.8 Å². The molecule has 0 aliphatic carbocycles. The number of amides is 1. The minimum absolute atomic E-state index is 0.198. The second-order valence-corrected chi connectivity index (χ2v) is 8.70. The minimum atomic E-state index is -0.198. The highest BCUT2D eigenvalue weighted by Gasteiger charge is 2.24. The molecule has 0 bridgehead atoms. The van der Waals surface area contributed by atoms with Gasteiger partial charge in [0.05, 0.1) is 24.3 Å². The van der Waals surface area contributed by atoms with E-state index in [2.05, 4.69) is 10.3 Å². The highest BCUT2D eigenvalue weighted by Crippen LogP contribution is 2.33. The van der Waals surface area contributed by atoms with Crippen molar-refractivity contribution in [1.82, 2.24) is 5.32 Å². The third-order valence-electron chi connectivity index (χ3n) is 4.80. The molecule has 0 aromatic heterocycles. The number of carbonyl (C=O) groups excluding carboxylic acids is 1. The lowest BCUT2D eigenvalue weighted by Gasteiger charge is -2.13. The van der Waals surface area contributed by atoms with Crippen LogP contribution in [-0.4, -0.2) is 24.8 Å². The Morgan fingerprint density at radius 1 is 1.03 bits per heavy atom. The predicted octanol–water partition coefficient (Wildman–Crippen LogP) is 6.22. The summed E-state index contributed by atoms with van der Waals surface area (Å²) in [5, 5.41) is 3.99. The van der Waals surface area contributed by atoms with Crippen LogP contribution in [0.2, 0.25) is 5.02 Å². The molecule has 1 N–H and O–H groups in total. The first kappa shape index (κ1) is 23.7. The van der Waals surface area contributed by atoms with E-state index in [0.717, 1.165) is 22.6 Å². The molecule has 3 aromatic carbocycles. The monoisotopic (exact) mass is 494 g/mol. The Balaban J connectivity index is 1.49. The van der Waals surface area contributed by atoms with Gasteiger partial charge >= 0.3 is 0 Å². The van der Waals surface area contributed by atoms with Gasteiger partial charge in [-0.05, 0) is 84.4 Å². The van der Waals surface area contributed by atoms with E-state index in [1.807, 2.05) is 73.7 Å². The molecule has 1 aliphatic rings. The number of methoxy groups -OCH3 is 1. The van der Waals surface area contributed by atoms with Gasteiger partial charge in [0.1, 0.15) is 12.4 Å². The van der Waals surface area contributed by atoms with E-state index in [-0.39, 0.29) is 5.91 Å². The molecule has 0 spiro atoms. The maximum atomic E-state index is 12.5. The van der Waals surface area contributed by atoms with E-state index in [9.17, 15) is 4.79 Å². The number of halogens is 1. The molecule has 1 aliphatic heterocycles. The maximum absolute atomic E-state index is 12.5. The summed E-state index contributed by atoms with van der Waals surface area (Å²) >= 11 is 7.34. The van der Waals surface area contributed by atoms with E-state index in [1.165, 1.54) is 11.8 Å². The summed E-state index contributed by atoms with van der Waals surface area (Å²) in [5.41, 5.74) is 2.51. The molecule has 34 heavy (non-hydrogen) atoms. The van der Waals surface area contributed by atoms with E-state index >= 15 is 0 Å². The van der Waals surface area contributed by atoms with Gasteiger partial charge in [-0.2, -0.15) is 0 Å². The summed E-state index contributed by atoms with van der Waals surface area (Å²) in [6, 6.07) is 20.4. The number of nitrogens with zero attached hydrogens (tertiary/aromatic N) is 1. The SMILES string of the molecule is CCOc1cc(/C=C2\SC(=Nc3ccc(OC)cc3)NC2=O)ccc1OCc1cccc(Cl)c1.